The number of hydrogen-bond acceptors (Lipinski definition) is 4. The first-order valence-corrected chi connectivity index (χ1v) is 8.53. The summed E-state index contributed by atoms with van der Waals surface area (Å²) in [6.07, 6.45) is 10.3. The lowest BCUT2D eigenvalue weighted by atomic mass is 10.0. The van der Waals surface area contributed by atoms with E-state index in [0.717, 1.165) is 24.0 Å². The van der Waals surface area contributed by atoms with Gasteiger partial charge in [-0.15, -0.1) is 6.58 Å². The maximum absolute atomic E-state index is 13.0. The maximum atomic E-state index is 13.0. The van der Waals surface area contributed by atoms with Crippen molar-refractivity contribution in [2.24, 2.45) is 0 Å². The van der Waals surface area contributed by atoms with E-state index in [1.807, 2.05) is 36.2 Å². The average molecular weight is 337 g/mol. The molecule has 1 fully saturated rings. The molecule has 3 heterocycles. The molecule has 5 heteroatoms. The zero-order valence-corrected chi connectivity index (χ0v) is 14.5. The summed E-state index contributed by atoms with van der Waals surface area (Å²) in [5, 5.41) is 0. The predicted molar refractivity (Wildman–Crippen MR) is 96.3 cm³/mol. The van der Waals surface area contributed by atoms with Crippen LogP contribution >= 0.6 is 0 Å². The third-order valence-corrected chi connectivity index (χ3v) is 4.46. The number of aryl methyl sites for hydroxylation is 1. The minimum Gasteiger partial charge on any atom is -0.372 e. The Labute approximate surface area is 148 Å². The monoisotopic (exact) mass is 337 g/mol. The summed E-state index contributed by atoms with van der Waals surface area (Å²) in [6.45, 7) is 6.83. The predicted octanol–water partition coefficient (Wildman–Crippen LogP) is 2.81. The highest BCUT2D eigenvalue weighted by molar-refractivity contribution is 5.94. The lowest BCUT2D eigenvalue weighted by molar-refractivity contribution is 0.0379. The van der Waals surface area contributed by atoms with E-state index in [0.29, 0.717) is 18.7 Å². The highest BCUT2D eigenvalue weighted by Gasteiger charge is 2.38. The Bertz CT molecular complexity index is 733. The van der Waals surface area contributed by atoms with Gasteiger partial charge < -0.3 is 9.64 Å². The van der Waals surface area contributed by atoms with Crippen molar-refractivity contribution in [3.05, 3.63) is 72.3 Å². The first kappa shape index (κ1) is 17.3. The van der Waals surface area contributed by atoms with Crippen molar-refractivity contribution < 1.29 is 9.53 Å². The van der Waals surface area contributed by atoms with Crippen molar-refractivity contribution >= 4 is 5.91 Å². The molecule has 0 radical (unpaired) electrons. The van der Waals surface area contributed by atoms with Crippen LogP contribution in [0.15, 0.2) is 55.6 Å². The fourth-order valence-electron chi connectivity index (χ4n) is 3.30. The molecule has 25 heavy (non-hydrogen) atoms. The van der Waals surface area contributed by atoms with Crippen LogP contribution in [0.5, 0.6) is 0 Å². The van der Waals surface area contributed by atoms with Gasteiger partial charge in [0.15, 0.2) is 0 Å². The summed E-state index contributed by atoms with van der Waals surface area (Å²) in [6, 6.07) is 5.82. The molecule has 2 aromatic heterocycles. The van der Waals surface area contributed by atoms with Gasteiger partial charge in [-0.1, -0.05) is 12.1 Å². The SMILES string of the molecule is C=CCO[C@H]1CCN(C(=O)c2cncc(C)c2)[C@H]1Cc1cccnc1. The Morgan fingerprint density at radius 3 is 3.00 bits per heavy atom. The van der Waals surface area contributed by atoms with Crippen LogP contribution in [-0.2, 0) is 11.2 Å². The van der Waals surface area contributed by atoms with Gasteiger partial charge in [-0.05, 0) is 43.0 Å². The first-order chi connectivity index (χ1) is 12.2. The molecule has 0 unspecified atom stereocenters. The third-order valence-electron chi connectivity index (χ3n) is 4.46. The van der Waals surface area contributed by atoms with E-state index in [1.54, 1.807) is 24.7 Å². The third kappa shape index (κ3) is 4.12. The number of pyridine rings is 2. The van der Waals surface area contributed by atoms with Crippen molar-refractivity contribution in [2.75, 3.05) is 13.2 Å². The van der Waals surface area contributed by atoms with Gasteiger partial charge in [0.2, 0.25) is 0 Å². The topological polar surface area (TPSA) is 55.3 Å². The summed E-state index contributed by atoms with van der Waals surface area (Å²) in [4.78, 5) is 23.3. The molecule has 5 nitrogen and oxygen atoms in total. The lowest BCUT2D eigenvalue weighted by Crippen LogP contribution is -2.42. The minimum absolute atomic E-state index is 0.0000699. The summed E-state index contributed by atoms with van der Waals surface area (Å²) in [7, 11) is 0. The fraction of sp³-hybridized carbons (Fsp3) is 0.350. The van der Waals surface area contributed by atoms with Crippen LogP contribution in [0, 0.1) is 6.92 Å². The molecule has 3 rings (SSSR count). The Hall–Kier alpha value is -2.53. The Balaban J connectivity index is 1.83. The molecule has 2 aromatic rings. The number of ether oxygens (including phenoxy) is 1. The van der Waals surface area contributed by atoms with Gasteiger partial charge in [0, 0.05) is 31.3 Å². The number of amides is 1. The van der Waals surface area contributed by atoms with Crippen molar-refractivity contribution in [3.8, 4) is 0 Å². The molecule has 0 N–H and O–H groups in total. The summed E-state index contributed by atoms with van der Waals surface area (Å²) in [5.74, 6) is 0.00907. The second-order valence-corrected chi connectivity index (χ2v) is 6.33. The van der Waals surface area contributed by atoms with Crippen LogP contribution in [0.4, 0.5) is 0 Å². The van der Waals surface area contributed by atoms with Crippen LogP contribution in [0.25, 0.3) is 0 Å². The van der Waals surface area contributed by atoms with Crippen molar-refractivity contribution in [1.82, 2.24) is 14.9 Å². The van der Waals surface area contributed by atoms with Gasteiger partial charge in [0.1, 0.15) is 0 Å². The van der Waals surface area contributed by atoms with Crippen LogP contribution in [0.2, 0.25) is 0 Å². The Kier molecular flexibility index (Phi) is 5.56. The molecule has 0 bridgehead atoms. The van der Waals surface area contributed by atoms with Crippen molar-refractivity contribution in [2.45, 2.75) is 31.9 Å². The normalized spacial score (nSPS) is 19.8. The van der Waals surface area contributed by atoms with E-state index >= 15 is 0 Å². The van der Waals surface area contributed by atoms with E-state index in [4.69, 9.17) is 4.74 Å². The molecule has 1 aliphatic heterocycles. The largest absolute Gasteiger partial charge is 0.372 e. The lowest BCUT2D eigenvalue weighted by Gasteiger charge is -2.28. The summed E-state index contributed by atoms with van der Waals surface area (Å²) >= 11 is 0. The maximum Gasteiger partial charge on any atom is 0.255 e. The van der Waals surface area contributed by atoms with Crippen LogP contribution < -0.4 is 0 Å². The van der Waals surface area contributed by atoms with Gasteiger partial charge in [-0.3, -0.25) is 14.8 Å². The number of rotatable bonds is 6. The number of carbonyl (C=O) groups is 1. The van der Waals surface area contributed by atoms with E-state index in [1.165, 1.54) is 0 Å². The van der Waals surface area contributed by atoms with Gasteiger partial charge >= 0.3 is 0 Å². The number of aromatic nitrogens is 2. The average Bonchev–Trinajstić information content (AvgIpc) is 3.02. The highest BCUT2D eigenvalue weighted by atomic mass is 16.5. The number of hydrogen-bond donors (Lipinski definition) is 0. The number of nitrogens with zero attached hydrogens (tertiary/aromatic N) is 3. The smallest absolute Gasteiger partial charge is 0.255 e. The van der Waals surface area contributed by atoms with E-state index in [-0.39, 0.29) is 18.1 Å². The number of likely N-dealkylation sites (tertiary alicyclic amines) is 1. The van der Waals surface area contributed by atoms with Crippen LogP contribution in [0.1, 0.15) is 27.9 Å². The standard InChI is InChI=1S/C20H23N3O2/c1-3-9-25-19-6-8-23(18(19)11-16-5-4-7-21-13-16)20(24)17-10-15(2)12-22-14-17/h3-5,7,10,12-14,18-19H,1,6,8-9,11H2,2H3/t18-,19-/m0/s1. The molecular weight excluding hydrogens is 314 g/mol. The zero-order chi connectivity index (χ0) is 17.6. The second-order valence-electron chi connectivity index (χ2n) is 6.33. The Morgan fingerprint density at radius 1 is 1.40 bits per heavy atom. The van der Waals surface area contributed by atoms with Crippen molar-refractivity contribution in [1.29, 1.82) is 0 Å². The molecule has 0 spiro atoms. The molecule has 2 atom stereocenters. The van der Waals surface area contributed by atoms with Gasteiger partial charge in [0.05, 0.1) is 24.3 Å². The Morgan fingerprint density at radius 2 is 2.28 bits per heavy atom. The van der Waals surface area contributed by atoms with Gasteiger partial charge in [-0.2, -0.15) is 0 Å². The van der Waals surface area contributed by atoms with E-state index < -0.39 is 0 Å². The molecule has 0 aromatic carbocycles. The number of carbonyl (C=O) groups excluding carboxylic acids is 1. The zero-order valence-electron chi connectivity index (χ0n) is 14.5. The van der Waals surface area contributed by atoms with E-state index in [2.05, 4.69) is 16.5 Å². The highest BCUT2D eigenvalue weighted by Crippen LogP contribution is 2.26. The molecule has 1 saturated heterocycles. The first-order valence-electron chi connectivity index (χ1n) is 8.53. The quantitative estimate of drug-likeness (QED) is 0.761. The van der Waals surface area contributed by atoms with E-state index in [9.17, 15) is 4.79 Å². The molecule has 1 amide bonds. The molecule has 0 aliphatic carbocycles. The van der Waals surface area contributed by atoms with Gasteiger partial charge in [-0.25, -0.2) is 0 Å². The van der Waals surface area contributed by atoms with Crippen molar-refractivity contribution in [3.63, 3.8) is 0 Å². The van der Waals surface area contributed by atoms with Crippen LogP contribution in [0.3, 0.4) is 0 Å². The molecule has 1 aliphatic rings. The molecule has 0 saturated carbocycles. The van der Waals surface area contributed by atoms with Crippen LogP contribution in [-0.4, -0.2) is 46.1 Å². The minimum atomic E-state index is -0.0165. The summed E-state index contributed by atoms with van der Waals surface area (Å²) < 4.78 is 5.93. The second kappa shape index (κ2) is 8.03. The molecule has 130 valence electrons. The summed E-state index contributed by atoms with van der Waals surface area (Å²) in [5.41, 5.74) is 2.70. The van der Waals surface area contributed by atoms with Gasteiger partial charge in [0.25, 0.3) is 5.91 Å². The fourth-order valence-corrected chi connectivity index (χ4v) is 3.30. The molecular formula is C20H23N3O2.